The van der Waals surface area contributed by atoms with E-state index in [1.165, 1.54) is 6.20 Å². The van der Waals surface area contributed by atoms with E-state index < -0.39 is 17.4 Å². The molecule has 0 saturated heterocycles. The molecular weight excluding hydrogens is 380 g/mol. The summed E-state index contributed by atoms with van der Waals surface area (Å²) in [6, 6.07) is 7.91. The smallest absolute Gasteiger partial charge is 0.408 e. The van der Waals surface area contributed by atoms with Gasteiger partial charge in [-0.25, -0.2) is 18.6 Å². The maximum absolute atomic E-state index is 13.3. The molecule has 2 heterocycles. The fourth-order valence-electron chi connectivity index (χ4n) is 2.44. The molecule has 0 unspecified atom stereocenters. The van der Waals surface area contributed by atoms with Gasteiger partial charge in [-0.15, -0.1) is 0 Å². The van der Waals surface area contributed by atoms with Gasteiger partial charge >= 0.3 is 5.76 Å². The van der Waals surface area contributed by atoms with Crippen molar-refractivity contribution >= 4 is 45.8 Å². The summed E-state index contributed by atoms with van der Waals surface area (Å²) in [5, 5.41) is 5.92. The number of halogens is 3. The molecule has 2 aromatic heterocycles. The fraction of sp³-hybridized carbons (Fsp3) is 0. The highest BCUT2D eigenvalue weighted by Gasteiger charge is 2.09. The summed E-state index contributed by atoms with van der Waals surface area (Å²) in [4.78, 5) is 22.0. The minimum Gasteiger partial charge on any atom is -0.408 e. The quantitative estimate of drug-likeness (QED) is 0.481. The first-order valence-electron chi connectivity index (χ1n) is 7.62. The van der Waals surface area contributed by atoms with Gasteiger partial charge < -0.3 is 15.1 Å². The number of aromatic nitrogens is 3. The van der Waals surface area contributed by atoms with Crippen molar-refractivity contribution in [3.8, 4) is 0 Å². The molecule has 0 aliphatic heterocycles. The van der Waals surface area contributed by atoms with Gasteiger partial charge in [-0.05, 0) is 30.3 Å². The molecular formula is C17H10ClF2N5O2. The van der Waals surface area contributed by atoms with E-state index in [4.69, 9.17) is 16.0 Å². The molecule has 0 radical (unpaired) electrons. The molecule has 0 saturated carbocycles. The number of oxazole rings is 1. The van der Waals surface area contributed by atoms with Crippen LogP contribution in [0.5, 0.6) is 0 Å². The molecule has 2 aromatic carbocycles. The van der Waals surface area contributed by atoms with Crippen LogP contribution in [0.15, 0.2) is 51.8 Å². The zero-order chi connectivity index (χ0) is 19.0. The number of hydrogen-bond acceptors (Lipinski definition) is 6. The Balaban J connectivity index is 1.62. The lowest BCUT2D eigenvalue weighted by atomic mass is 10.3. The van der Waals surface area contributed by atoms with Crippen molar-refractivity contribution in [3.05, 3.63) is 69.8 Å². The van der Waals surface area contributed by atoms with Gasteiger partial charge in [0.2, 0.25) is 5.95 Å². The van der Waals surface area contributed by atoms with Gasteiger partial charge in [0.1, 0.15) is 16.7 Å². The van der Waals surface area contributed by atoms with Crippen LogP contribution in [-0.2, 0) is 0 Å². The average Bonchev–Trinajstić information content (AvgIpc) is 2.96. The number of fused-ring (bicyclic) bond motifs is 1. The van der Waals surface area contributed by atoms with Crippen molar-refractivity contribution in [3.63, 3.8) is 0 Å². The molecule has 0 bridgehead atoms. The van der Waals surface area contributed by atoms with Crippen LogP contribution >= 0.6 is 11.6 Å². The van der Waals surface area contributed by atoms with E-state index in [1.807, 2.05) is 0 Å². The largest absolute Gasteiger partial charge is 0.417 e. The summed E-state index contributed by atoms with van der Waals surface area (Å²) >= 11 is 6.11. The molecule has 0 aliphatic carbocycles. The van der Waals surface area contributed by atoms with Crippen LogP contribution < -0.4 is 16.4 Å². The lowest BCUT2D eigenvalue weighted by Crippen LogP contribution is -2.02. The maximum atomic E-state index is 13.3. The SMILES string of the molecule is O=c1[nH]c2cc(Nc3nc(Nc4cc(F)cc(F)c4)ncc3Cl)ccc2o1. The van der Waals surface area contributed by atoms with Crippen molar-refractivity contribution < 1.29 is 13.2 Å². The van der Waals surface area contributed by atoms with Gasteiger partial charge in [-0.2, -0.15) is 4.98 Å². The molecule has 7 nitrogen and oxygen atoms in total. The van der Waals surface area contributed by atoms with E-state index in [2.05, 4.69) is 25.6 Å². The second-order valence-corrected chi connectivity index (χ2v) is 5.93. The molecule has 4 aromatic rings. The van der Waals surface area contributed by atoms with E-state index in [9.17, 15) is 13.6 Å². The van der Waals surface area contributed by atoms with Crippen molar-refractivity contribution in [2.75, 3.05) is 10.6 Å². The van der Waals surface area contributed by atoms with Gasteiger partial charge in [0, 0.05) is 17.4 Å². The lowest BCUT2D eigenvalue weighted by molar-refractivity contribution is 0.555. The zero-order valence-corrected chi connectivity index (χ0v) is 14.1. The standard InChI is InChI=1S/C17H10ClF2N5O2/c18-12-7-21-16(23-11-4-8(19)3-9(20)5-11)25-15(12)22-10-1-2-14-13(6-10)24-17(26)27-14/h1-7H,(H,24,26)(H2,21,22,23,25). The molecule has 4 rings (SSSR count). The summed E-state index contributed by atoms with van der Waals surface area (Å²) in [5.41, 5.74) is 1.65. The second-order valence-electron chi connectivity index (χ2n) is 5.52. The van der Waals surface area contributed by atoms with E-state index in [1.54, 1.807) is 18.2 Å². The van der Waals surface area contributed by atoms with Gasteiger partial charge in [0.05, 0.1) is 11.7 Å². The minimum atomic E-state index is -0.729. The normalized spacial score (nSPS) is 10.9. The maximum Gasteiger partial charge on any atom is 0.417 e. The van der Waals surface area contributed by atoms with Crippen LogP contribution in [0.3, 0.4) is 0 Å². The highest BCUT2D eigenvalue weighted by Crippen LogP contribution is 2.26. The van der Waals surface area contributed by atoms with Crippen molar-refractivity contribution in [2.45, 2.75) is 0 Å². The summed E-state index contributed by atoms with van der Waals surface area (Å²) in [5.74, 6) is -1.67. The van der Waals surface area contributed by atoms with E-state index in [0.717, 1.165) is 18.2 Å². The third kappa shape index (κ3) is 3.72. The molecule has 0 fully saturated rings. The molecule has 0 amide bonds. The van der Waals surface area contributed by atoms with Gasteiger partial charge in [-0.1, -0.05) is 11.6 Å². The first-order chi connectivity index (χ1) is 13.0. The second kappa shape index (κ2) is 6.69. The minimum absolute atomic E-state index is 0.0877. The number of anilines is 4. The number of rotatable bonds is 4. The van der Waals surface area contributed by atoms with E-state index in [0.29, 0.717) is 16.8 Å². The lowest BCUT2D eigenvalue weighted by Gasteiger charge is -2.10. The Morgan fingerprint density at radius 2 is 1.81 bits per heavy atom. The number of benzene rings is 2. The summed E-state index contributed by atoms with van der Waals surface area (Å²) < 4.78 is 31.5. The number of aromatic amines is 1. The molecule has 27 heavy (non-hydrogen) atoms. The molecule has 136 valence electrons. The van der Waals surface area contributed by atoms with Gasteiger partial charge in [0.25, 0.3) is 0 Å². The molecule has 3 N–H and O–H groups in total. The number of nitrogens with one attached hydrogen (secondary N) is 3. The van der Waals surface area contributed by atoms with Crippen LogP contribution in [0.25, 0.3) is 11.1 Å². The fourth-order valence-corrected chi connectivity index (χ4v) is 2.57. The Morgan fingerprint density at radius 3 is 2.59 bits per heavy atom. The van der Waals surface area contributed by atoms with Crippen molar-refractivity contribution in [1.82, 2.24) is 15.0 Å². The highest BCUT2D eigenvalue weighted by atomic mass is 35.5. The Bertz CT molecular complexity index is 1190. The number of H-pyrrole nitrogens is 1. The Labute approximate surface area is 155 Å². The monoisotopic (exact) mass is 389 g/mol. The van der Waals surface area contributed by atoms with E-state index in [-0.39, 0.29) is 22.5 Å². The topological polar surface area (TPSA) is 95.8 Å². The molecule has 0 atom stereocenters. The van der Waals surface area contributed by atoms with Crippen molar-refractivity contribution in [2.24, 2.45) is 0 Å². The van der Waals surface area contributed by atoms with Crippen LogP contribution in [-0.4, -0.2) is 15.0 Å². The first kappa shape index (κ1) is 17.0. The van der Waals surface area contributed by atoms with Crippen LogP contribution in [0.1, 0.15) is 0 Å². The predicted molar refractivity (Wildman–Crippen MR) is 96.8 cm³/mol. The zero-order valence-electron chi connectivity index (χ0n) is 13.4. The summed E-state index contributed by atoms with van der Waals surface area (Å²) in [6.07, 6.45) is 1.34. The van der Waals surface area contributed by atoms with Gasteiger partial charge in [-0.3, -0.25) is 4.98 Å². The molecule has 0 spiro atoms. The molecule has 0 aliphatic rings. The molecule has 10 heteroatoms. The number of nitrogens with zero attached hydrogens (tertiary/aromatic N) is 2. The Kier molecular flexibility index (Phi) is 4.21. The number of hydrogen-bond donors (Lipinski definition) is 3. The average molecular weight is 390 g/mol. The third-order valence-electron chi connectivity index (χ3n) is 3.54. The Hall–Kier alpha value is -3.46. The first-order valence-corrected chi connectivity index (χ1v) is 8.00. The van der Waals surface area contributed by atoms with Crippen molar-refractivity contribution in [1.29, 1.82) is 0 Å². The highest BCUT2D eigenvalue weighted by molar-refractivity contribution is 6.32. The van der Waals surface area contributed by atoms with Gasteiger partial charge in [0.15, 0.2) is 11.4 Å². The van der Waals surface area contributed by atoms with E-state index >= 15 is 0 Å². The van der Waals surface area contributed by atoms with Crippen LogP contribution in [0.4, 0.5) is 31.9 Å². The predicted octanol–water partition coefficient (Wildman–Crippen LogP) is 4.33. The third-order valence-corrected chi connectivity index (χ3v) is 3.82. The Morgan fingerprint density at radius 1 is 1.04 bits per heavy atom. The summed E-state index contributed by atoms with van der Waals surface area (Å²) in [7, 11) is 0. The van der Waals surface area contributed by atoms with Crippen LogP contribution in [0, 0.1) is 11.6 Å². The van der Waals surface area contributed by atoms with Crippen LogP contribution in [0.2, 0.25) is 5.02 Å². The summed E-state index contributed by atoms with van der Waals surface area (Å²) in [6.45, 7) is 0.